The minimum absolute atomic E-state index is 0.0968. The fraction of sp³-hybridized carbons (Fsp3) is 0.263. The molecule has 0 aliphatic carbocycles. The maximum absolute atomic E-state index is 12.8. The van der Waals surface area contributed by atoms with Crippen LogP contribution in [0.2, 0.25) is 0 Å². The van der Waals surface area contributed by atoms with Gasteiger partial charge in [0.15, 0.2) is 6.10 Å². The van der Waals surface area contributed by atoms with Crippen molar-refractivity contribution in [3.63, 3.8) is 0 Å². The number of para-hydroxylation sites is 2. The number of nitrogens with two attached hydrogens (primary N) is 1. The van der Waals surface area contributed by atoms with E-state index in [9.17, 15) is 9.59 Å². The van der Waals surface area contributed by atoms with Crippen molar-refractivity contribution in [3.05, 3.63) is 60.2 Å². The van der Waals surface area contributed by atoms with E-state index in [-0.39, 0.29) is 19.0 Å². The number of likely N-dealkylation sites (N-methyl/N-ethyl adjacent to an activating group) is 1. The largest absolute Gasteiger partial charge is 0.477 e. The van der Waals surface area contributed by atoms with E-state index in [1.165, 1.54) is 0 Å². The van der Waals surface area contributed by atoms with Gasteiger partial charge in [-0.25, -0.2) is 0 Å². The van der Waals surface area contributed by atoms with Crippen molar-refractivity contribution in [1.82, 2.24) is 4.90 Å². The van der Waals surface area contributed by atoms with Crippen LogP contribution in [0.25, 0.3) is 0 Å². The van der Waals surface area contributed by atoms with Crippen LogP contribution in [-0.4, -0.2) is 43.0 Å². The molecule has 25 heavy (non-hydrogen) atoms. The van der Waals surface area contributed by atoms with Crippen molar-refractivity contribution in [2.24, 2.45) is 5.73 Å². The molecule has 6 nitrogen and oxygen atoms in total. The Kier molecular flexibility index (Phi) is 5.00. The molecule has 0 unspecified atom stereocenters. The Bertz CT molecular complexity index is 764. The number of primary amides is 1. The normalized spacial score (nSPS) is 16.2. The lowest BCUT2D eigenvalue weighted by molar-refractivity contribution is -0.125. The standard InChI is InChI=1S/C19H21N3O3/c1-21(11-14-7-3-2-4-8-14)13-18(23)22-12-17(19(20)24)25-16-10-6-5-9-15(16)22/h2-10,17H,11-13H2,1H3,(H2,20,24)/t17-/m1/s1. The Hall–Kier alpha value is -2.86. The number of rotatable bonds is 5. The number of nitrogens with zero attached hydrogens (tertiary/aromatic N) is 2. The first kappa shape index (κ1) is 17.0. The second kappa shape index (κ2) is 7.36. The van der Waals surface area contributed by atoms with Gasteiger partial charge in [0.1, 0.15) is 5.75 Å². The molecule has 2 aromatic carbocycles. The number of anilines is 1. The van der Waals surface area contributed by atoms with Gasteiger partial charge in [-0.05, 0) is 24.7 Å². The van der Waals surface area contributed by atoms with Crippen molar-refractivity contribution < 1.29 is 14.3 Å². The summed E-state index contributed by atoms with van der Waals surface area (Å²) >= 11 is 0. The molecule has 0 saturated heterocycles. The number of ether oxygens (including phenoxy) is 1. The summed E-state index contributed by atoms with van der Waals surface area (Å²) in [5, 5.41) is 0. The van der Waals surface area contributed by atoms with Gasteiger partial charge < -0.3 is 15.4 Å². The smallest absolute Gasteiger partial charge is 0.260 e. The van der Waals surface area contributed by atoms with Gasteiger partial charge in [-0.15, -0.1) is 0 Å². The van der Waals surface area contributed by atoms with E-state index < -0.39 is 12.0 Å². The number of hydrogen-bond acceptors (Lipinski definition) is 4. The van der Waals surface area contributed by atoms with Gasteiger partial charge in [0.25, 0.3) is 5.91 Å². The summed E-state index contributed by atoms with van der Waals surface area (Å²) in [6.45, 7) is 1.02. The second-order valence-corrected chi connectivity index (χ2v) is 6.14. The molecule has 0 radical (unpaired) electrons. The molecule has 3 rings (SSSR count). The van der Waals surface area contributed by atoms with Crippen LogP contribution in [0.4, 0.5) is 5.69 Å². The Morgan fingerprint density at radius 1 is 1.16 bits per heavy atom. The predicted octanol–water partition coefficient (Wildman–Crippen LogP) is 1.40. The van der Waals surface area contributed by atoms with Crippen molar-refractivity contribution in [2.75, 3.05) is 25.0 Å². The average Bonchev–Trinajstić information content (AvgIpc) is 2.61. The summed E-state index contributed by atoms with van der Waals surface area (Å²) in [6, 6.07) is 17.1. The first-order valence-corrected chi connectivity index (χ1v) is 8.12. The first-order valence-electron chi connectivity index (χ1n) is 8.12. The van der Waals surface area contributed by atoms with E-state index in [1.807, 2.05) is 54.4 Å². The van der Waals surface area contributed by atoms with E-state index in [4.69, 9.17) is 10.5 Å². The highest BCUT2D eigenvalue weighted by Crippen LogP contribution is 2.33. The SMILES string of the molecule is CN(CC(=O)N1C[C@H](C(N)=O)Oc2ccccc21)Cc1ccccc1. The van der Waals surface area contributed by atoms with Crippen LogP contribution in [0.1, 0.15) is 5.56 Å². The molecule has 6 heteroatoms. The first-order chi connectivity index (χ1) is 12.0. The van der Waals surface area contributed by atoms with Crippen LogP contribution >= 0.6 is 0 Å². The number of carbonyl (C=O) groups excluding carboxylic acids is 2. The van der Waals surface area contributed by atoms with Crippen molar-refractivity contribution >= 4 is 17.5 Å². The van der Waals surface area contributed by atoms with Crippen LogP contribution in [0.3, 0.4) is 0 Å². The van der Waals surface area contributed by atoms with Gasteiger partial charge in [-0.2, -0.15) is 0 Å². The molecule has 0 saturated carbocycles. The summed E-state index contributed by atoms with van der Waals surface area (Å²) in [6.07, 6.45) is -0.835. The van der Waals surface area contributed by atoms with Gasteiger partial charge in [-0.3, -0.25) is 14.5 Å². The predicted molar refractivity (Wildman–Crippen MR) is 95.2 cm³/mol. The third kappa shape index (κ3) is 3.97. The average molecular weight is 339 g/mol. The van der Waals surface area contributed by atoms with E-state index in [0.29, 0.717) is 18.0 Å². The monoisotopic (exact) mass is 339 g/mol. The lowest BCUT2D eigenvalue weighted by atomic mass is 10.1. The molecule has 2 N–H and O–H groups in total. The molecule has 1 heterocycles. The van der Waals surface area contributed by atoms with Crippen molar-refractivity contribution in [1.29, 1.82) is 0 Å². The van der Waals surface area contributed by atoms with E-state index in [2.05, 4.69) is 0 Å². The quantitative estimate of drug-likeness (QED) is 0.893. The Morgan fingerprint density at radius 2 is 1.84 bits per heavy atom. The summed E-state index contributed by atoms with van der Waals surface area (Å²) in [7, 11) is 1.89. The fourth-order valence-corrected chi connectivity index (χ4v) is 2.89. The molecular weight excluding hydrogens is 318 g/mol. The zero-order valence-electron chi connectivity index (χ0n) is 14.1. The molecule has 130 valence electrons. The van der Waals surface area contributed by atoms with Crippen molar-refractivity contribution in [3.8, 4) is 5.75 Å². The van der Waals surface area contributed by atoms with E-state index in [0.717, 1.165) is 5.56 Å². The highest BCUT2D eigenvalue weighted by Gasteiger charge is 2.32. The Morgan fingerprint density at radius 3 is 2.56 bits per heavy atom. The maximum atomic E-state index is 12.8. The summed E-state index contributed by atoms with van der Waals surface area (Å²) in [5.74, 6) is -0.179. The van der Waals surface area contributed by atoms with Crippen LogP contribution in [0.15, 0.2) is 54.6 Å². The number of amides is 2. The Labute approximate surface area is 146 Å². The van der Waals surface area contributed by atoms with Gasteiger partial charge in [-0.1, -0.05) is 42.5 Å². The van der Waals surface area contributed by atoms with Gasteiger partial charge in [0, 0.05) is 6.54 Å². The molecule has 1 aliphatic rings. The van der Waals surface area contributed by atoms with Crippen LogP contribution in [0.5, 0.6) is 5.75 Å². The highest BCUT2D eigenvalue weighted by molar-refractivity contribution is 5.98. The minimum Gasteiger partial charge on any atom is -0.477 e. The Balaban J connectivity index is 1.73. The molecule has 0 aromatic heterocycles. The number of carbonyl (C=O) groups is 2. The van der Waals surface area contributed by atoms with E-state index in [1.54, 1.807) is 17.0 Å². The lowest BCUT2D eigenvalue weighted by Crippen LogP contribution is -2.51. The number of benzene rings is 2. The molecule has 0 fully saturated rings. The van der Waals surface area contributed by atoms with Crippen LogP contribution < -0.4 is 15.4 Å². The third-order valence-corrected chi connectivity index (χ3v) is 4.09. The highest BCUT2D eigenvalue weighted by atomic mass is 16.5. The number of hydrogen-bond donors (Lipinski definition) is 1. The molecule has 1 aliphatic heterocycles. The van der Waals surface area contributed by atoms with Gasteiger partial charge in [0.05, 0.1) is 18.8 Å². The topological polar surface area (TPSA) is 75.9 Å². The van der Waals surface area contributed by atoms with Gasteiger partial charge in [0.2, 0.25) is 5.91 Å². The van der Waals surface area contributed by atoms with Crippen LogP contribution in [-0.2, 0) is 16.1 Å². The zero-order valence-corrected chi connectivity index (χ0v) is 14.1. The summed E-state index contributed by atoms with van der Waals surface area (Å²) in [4.78, 5) is 27.9. The van der Waals surface area contributed by atoms with E-state index >= 15 is 0 Å². The van der Waals surface area contributed by atoms with Crippen molar-refractivity contribution in [2.45, 2.75) is 12.6 Å². The summed E-state index contributed by atoms with van der Waals surface area (Å²) in [5.41, 5.74) is 7.18. The molecule has 0 bridgehead atoms. The number of fused-ring (bicyclic) bond motifs is 1. The lowest BCUT2D eigenvalue weighted by Gasteiger charge is -2.34. The molecule has 2 amide bonds. The third-order valence-electron chi connectivity index (χ3n) is 4.09. The summed E-state index contributed by atoms with van der Waals surface area (Å²) < 4.78 is 5.59. The molecule has 0 spiro atoms. The molecular formula is C19H21N3O3. The van der Waals surface area contributed by atoms with Gasteiger partial charge >= 0.3 is 0 Å². The maximum Gasteiger partial charge on any atom is 0.260 e. The molecule has 2 aromatic rings. The zero-order chi connectivity index (χ0) is 17.8. The molecule has 1 atom stereocenters. The second-order valence-electron chi connectivity index (χ2n) is 6.14. The fourth-order valence-electron chi connectivity index (χ4n) is 2.89. The van der Waals surface area contributed by atoms with Crippen LogP contribution in [0, 0.1) is 0 Å². The minimum atomic E-state index is -0.835.